The Morgan fingerprint density at radius 2 is 2.50 bits per heavy atom. The predicted molar refractivity (Wildman–Crippen MR) is 28.2 cm³/mol. The molecule has 0 aromatic carbocycles. The molecule has 8 heavy (non-hydrogen) atoms. The van der Waals surface area contributed by atoms with Gasteiger partial charge in [0.15, 0.2) is 0 Å². The predicted octanol–water partition coefficient (Wildman–Crippen LogP) is -0.744. The highest BCUT2D eigenvalue weighted by atomic mass is 16.3. The number of amides is 1. The van der Waals surface area contributed by atoms with Crippen molar-refractivity contribution < 1.29 is 9.90 Å². The number of carbonyl (C=O) groups is 1. The summed E-state index contributed by atoms with van der Waals surface area (Å²) in [7, 11) is 0. The molecule has 1 fully saturated rings. The maximum atomic E-state index is 10.4. The molecule has 0 radical (unpaired) electrons. The van der Waals surface area contributed by atoms with E-state index in [0.717, 1.165) is 0 Å². The second kappa shape index (κ2) is 1.74. The zero-order valence-electron chi connectivity index (χ0n) is 4.72. The number of aliphatic hydroxyl groups excluding tert-OH is 1. The molecule has 1 aliphatic heterocycles. The molecule has 0 unspecified atom stereocenters. The van der Waals surface area contributed by atoms with Crippen molar-refractivity contribution in [3.8, 4) is 0 Å². The van der Waals surface area contributed by atoms with Gasteiger partial charge in [-0.1, -0.05) is 0 Å². The topological polar surface area (TPSA) is 49.3 Å². The molecule has 1 heterocycles. The number of carbonyl (C=O) groups excluding carboxylic acids is 1. The van der Waals surface area contributed by atoms with Gasteiger partial charge in [-0.15, -0.1) is 0 Å². The van der Waals surface area contributed by atoms with Crippen molar-refractivity contribution in [3.63, 3.8) is 0 Å². The minimum atomic E-state index is -0.759. The molecule has 0 aromatic rings. The first-order valence-corrected chi connectivity index (χ1v) is 2.68. The fourth-order valence-corrected chi connectivity index (χ4v) is 0.840. The maximum absolute atomic E-state index is 10.4. The van der Waals surface area contributed by atoms with Gasteiger partial charge in [-0.05, 0) is 6.92 Å². The average molecular weight is 115 g/mol. The minimum Gasteiger partial charge on any atom is -0.383 e. The van der Waals surface area contributed by atoms with Crippen molar-refractivity contribution in [2.45, 2.75) is 25.5 Å². The van der Waals surface area contributed by atoms with Gasteiger partial charge >= 0.3 is 0 Å². The molecular formula is C5H9NO2. The van der Waals surface area contributed by atoms with Crippen LogP contribution in [0.1, 0.15) is 13.3 Å². The summed E-state index contributed by atoms with van der Waals surface area (Å²) in [5.74, 6) is -0.238. The van der Waals surface area contributed by atoms with Gasteiger partial charge in [0.05, 0.1) is 0 Å². The van der Waals surface area contributed by atoms with E-state index in [1.807, 2.05) is 6.92 Å². The molecule has 1 aliphatic rings. The van der Waals surface area contributed by atoms with Crippen molar-refractivity contribution in [2.75, 3.05) is 0 Å². The molecule has 0 spiro atoms. The summed E-state index contributed by atoms with van der Waals surface area (Å²) < 4.78 is 0. The Kier molecular flexibility index (Phi) is 1.21. The van der Waals surface area contributed by atoms with Gasteiger partial charge in [-0.25, -0.2) is 0 Å². The van der Waals surface area contributed by atoms with Crippen LogP contribution >= 0.6 is 0 Å². The number of hydrogen-bond donors (Lipinski definition) is 2. The van der Waals surface area contributed by atoms with Crippen molar-refractivity contribution >= 4 is 5.91 Å². The molecular weight excluding hydrogens is 106 g/mol. The Bertz CT molecular complexity index is 113. The highest BCUT2D eigenvalue weighted by Crippen LogP contribution is 2.05. The third kappa shape index (κ3) is 0.816. The zero-order chi connectivity index (χ0) is 6.15. The summed E-state index contributed by atoms with van der Waals surface area (Å²) in [6.07, 6.45) is -0.205. The highest BCUT2D eigenvalue weighted by Gasteiger charge is 2.26. The minimum absolute atomic E-state index is 0.150. The summed E-state index contributed by atoms with van der Waals surface area (Å²) >= 11 is 0. The van der Waals surface area contributed by atoms with Gasteiger partial charge in [0.2, 0.25) is 5.91 Å². The second-order valence-corrected chi connectivity index (χ2v) is 2.16. The smallest absolute Gasteiger partial charge is 0.249 e. The van der Waals surface area contributed by atoms with Crippen molar-refractivity contribution in [3.05, 3.63) is 0 Å². The number of rotatable bonds is 0. The van der Waals surface area contributed by atoms with Crippen LogP contribution in [0.3, 0.4) is 0 Å². The molecule has 0 bridgehead atoms. The fourth-order valence-electron chi connectivity index (χ4n) is 0.840. The Morgan fingerprint density at radius 1 is 1.88 bits per heavy atom. The molecule has 0 aliphatic carbocycles. The van der Waals surface area contributed by atoms with E-state index in [1.165, 1.54) is 0 Å². The molecule has 1 rings (SSSR count). The third-order valence-electron chi connectivity index (χ3n) is 1.27. The van der Waals surface area contributed by atoms with Crippen LogP contribution in [0.15, 0.2) is 0 Å². The van der Waals surface area contributed by atoms with E-state index < -0.39 is 6.10 Å². The van der Waals surface area contributed by atoms with Crippen LogP contribution in [0, 0.1) is 0 Å². The standard InChI is InChI=1S/C5H9NO2/c1-3-2-4(7)5(8)6-3/h3-4,7H,2H2,1H3,(H,6,8)/t3-,4-/m1/s1. The van der Waals surface area contributed by atoms with Crippen LogP contribution in [0.25, 0.3) is 0 Å². The van der Waals surface area contributed by atoms with E-state index in [9.17, 15) is 4.79 Å². The average Bonchev–Trinajstić information content (AvgIpc) is 1.85. The fraction of sp³-hybridized carbons (Fsp3) is 0.800. The van der Waals surface area contributed by atoms with E-state index in [-0.39, 0.29) is 11.9 Å². The van der Waals surface area contributed by atoms with Crippen molar-refractivity contribution in [1.82, 2.24) is 5.32 Å². The summed E-state index contributed by atoms with van der Waals surface area (Å²) in [6, 6.07) is 0.150. The molecule has 3 heteroatoms. The van der Waals surface area contributed by atoms with Crippen LogP contribution in [0.5, 0.6) is 0 Å². The van der Waals surface area contributed by atoms with Gasteiger partial charge in [0, 0.05) is 12.5 Å². The molecule has 2 atom stereocenters. The molecule has 0 saturated carbocycles. The monoisotopic (exact) mass is 115 g/mol. The summed E-state index contributed by atoms with van der Waals surface area (Å²) in [5, 5.41) is 11.3. The first-order valence-electron chi connectivity index (χ1n) is 2.68. The van der Waals surface area contributed by atoms with E-state index >= 15 is 0 Å². The number of nitrogens with one attached hydrogen (secondary N) is 1. The lowest BCUT2D eigenvalue weighted by atomic mass is 10.2. The first kappa shape index (κ1) is 5.56. The van der Waals surface area contributed by atoms with Gasteiger partial charge in [0.25, 0.3) is 0 Å². The van der Waals surface area contributed by atoms with E-state index in [0.29, 0.717) is 6.42 Å². The Morgan fingerprint density at radius 3 is 2.62 bits per heavy atom. The summed E-state index contributed by atoms with van der Waals surface area (Å²) in [5.41, 5.74) is 0. The van der Waals surface area contributed by atoms with E-state index in [4.69, 9.17) is 5.11 Å². The quantitative estimate of drug-likeness (QED) is 0.436. The van der Waals surface area contributed by atoms with Crippen LogP contribution in [0.2, 0.25) is 0 Å². The van der Waals surface area contributed by atoms with Gasteiger partial charge in [-0.2, -0.15) is 0 Å². The zero-order valence-corrected chi connectivity index (χ0v) is 4.72. The molecule has 3 nitrogen and oxygen atoms in total. The molecule has 1 amide bonds. The lowest BCUT2D eigenvalue weighted by Gasteiger charge is -1.95. The number of aliphatic hydroxyl groups is 1. The van der Waals surface area contributed by atoms with Crippen LogP contribution in [-0.4, -0.2) is 23.2 Å². The molecule has 2 N–H and O–H groups in total. The van der Waals surface area contributed by atoms with Crippen molar-refractivity contribution in [1.29, 1.82) is 0 Å². The Balaban J connectivity index is 2.51. The van der Waals surface area contributed by atoms with Crippen molar-refractivity contribution in [2.24, 2.45) is 0 Å². The first-order chi connectivity index (χ1) is 3.70. The normalized spacial score (nSPS) is 37.5. The Labute approximate surface area is 47.7 Å². The SMILES string of the molecule is C[C@@H]1C[C@@H](O)C(=O)N1. The lowest BCUT2D eigenvalue weighted by molar-refractivity contribution is -0.126. The van der Waals surface area contributed by atoms with Gasteiger partial charge in [-0.3, -0.25) is 4.79 Å². The van der Waals surface area contributed by atoms with Crippen LogP contribution in [0.4, 0.5) is 0 Å². The maximum Gasteiger partial charge on any atom is 0.249 e. The Hall–Kier alpha value is -0.570. The van der Waals surface area contributed by atoms with E-state index in [2.05, 4.69) is 5.32 Å². The van der Waals surface area contributed by atoms with Crippen LogP contribution in [-0.2, 0) is 4.79 Å². The second-order valence-electron chi connectivity index (χ2n) is 2.16. The highest BCUT2D eigenvalue weighted by molar-refractivity contribution is 5.82. The molecule has 1 saturated heterocycles. The summed E-state index contributed by atoms with van der Waals surface area (Å²) in [6.45, 7) is 1.87. The third-order valence-corrected chi connectivity index (χ3v) is 1.27. The molecule has 0 aromatic heterocycles. The van der Waals surface area contributed by atoms with Gasteiger partial charge in [0.1, 0.15) is 6.10 Å². The number of hydrogen-bond acceptors (Lipinski definition) is 2. The largest absolute Gasteiger partial charge is 0.383 e. The summed E-state index contributed by atoms with van der Waals surface area (Å²) in [4.78, 5) is 10.4. The van der Waals surface area contributed by atoms with Crippen LogP contribution < -0.4 is 5.32 Å². The molecule has 46 valence electrons. The van der Waals surface area contributed by atoms with Gasteiger partial charge < -0.3 is 10.4 Å². The lowest BCUT2D eigenvalue weighted by Crippen LogP contribution is -2.25. The van der Waals surface area contributed by atoms with E-state index in [1.54, 1.807) is 0 Å².